The molecule has 1 aromatic rings. The van der Waals surface area contributed by atoms with Gasteiger partial charge in [0.1, 0.15) is 6.26 Å². The van der Waals surface area contributed by atoms with Crippen molar-refractivity contribution in [3.05, 3.63) is 24.2 Å². The fourth-order valence-corrected chi connectivity index (χ4v) is 2.92. The van der Waals surface area contributed by atoms with Gasteiger partial charge in [-0.15, -0.1) is 0 Å². The summed E-state index contributed by atoms with van der Waals surface area (Å²) in [4.78, 5) is 14.1. The molecule has 0 spiro atoms. The average Bonchev–Trinajstić information content (AvgIpc) is 3.00. The lowest BCUT2D eigenvalue weighted by molar-refractivity contribution is 0.0694. The van der Waals surface area contributed by atoms with E-state index in [1.165, 1.54) is 12.5 Å². The topological polar surface area (TPSA) is 65.7 Å². The number of furan rings is 1. The maximum atomic E-state index is 12.2. The molecule has 1 aliphatic rings. The first-order chi connectivity index (χ1) is 10.1. The number of piperidine rings is 1. The summed E-state index contributed by atoms with van der Waals surface area (Å²) in [5.41, 5.74) is 0.620. The van der Waals surface area contributed by atoms with Gasteiger partial charge < -0.3 is 19.7 Å². The van der Waals surface area contributed by atoms with Gasteiger partial charge in [-0.3, -0.25) is 4.79 Å². The Morgan fingerprint density at radius 3 is 2.71 bits per heavy atom. The number of carbonyl (C=O) groups is 1. The second kappa shape index (κ2) is 7.61. The Bertz CT molecular complexity index is 423. The van der Waals surface area contributed by atoms with Gasteiger partial charge in [0.2, 0.25) is 0 Å². The first kappa shape index (κ1) is 16.0. The molecule has 0 aromatic carbocycles. The van der Waals surface area contributed by atoms with E-state index >= 15 is 0 Å². The van der Waals surface area contributed by atoms with E-state index in [2.05, 4.69) is 19.2 Å². The van der Waals surface area contributed by atoms with Gasteiger partial charge in [-0.05, 0) is 31.2 Å². The molecule has 21 heavy (non-hydrogen) atoms. The zero-order valence-corrected chi connectivity index (χ0v) is 12.9. The molecule has 5 nitrogen and oxygen atoms in total. The smallest absolute Gasteiger partial charge is 0.257 e. The van der Waals surface area contributed by atoms with Crippen LogP contribution in [0.3, 0.4) is 0 Å². The summed E-state index contributed by atoms with van der Waals surface area (Å²) in [5, 5.41) is 13.0. The Labute approximate surface area is 126 Å². The monoisotopic (exact) mass is 294 g/mol. The van der Waals surface area contributed by atoms with Gasteiger partial charge in [0.05, 0.1) is 18.4 Å². The van der Waals surface area contributed by atoms with Crippen molar-refractivity contribution in [3.63, 3.8) is 0 Å². The van der Waals surface area contributed by atoms with Crippen molar-refractivity contribution in [2.75, 3.05) is 19.7 Å². The molecule has 1 saturated heterocycles. The van der Waals surface area contributed by atoms with Crippen molar-refractivity contribution >= 4 is 5.91 Å². The fourth-order valence-electron chi connectivity index (χ4n) is 2.92. The lowest BCUT2D eigenvalue weighted by Gasteiger charge is -2.34. The van der Waals surface area contributed by atoms with Crippen molar-refractivity contribution in [1.82, 2.24) is 10.2 Å². The largest absolute Gasteiger partial charge is 0.472 e. The highest BCUT2D eigenvalue weighted by molar-refractivity contribution is 5.93. The van der Waals surface area contributed by atoms with Crippen molar-refractivity contribution in [2.24, 2.45) is 5.92 Å². The summed E-state index contributed by atoms with van der Waals surface area (Å²) in [5.74, 6) is 0.612. The molecule has 1 aliphatic heterocycles. The van der Waals surface area contributed by atoms with Crippen molar-refractivity contribution in [1.29, 1.82) is 0 Å². The van der Waals surface area contributed by atoms with Gasteiger partial charge in [0.15, 0.2) is 0 Å². The molecule has 1 aromatic heterocycles. The minimum Gasteiger partial charge on any atom is -0.472 e. The van der Waals surface area contributed by atoms with E-state index in [9.17, 15) is 9.90 Å². The van der Waals surface area contributed by atoms with E-state index in [4.69, 9.17) is 4.42 Å². The Hall–Kier alpha value is -1.33. The van der Waals surface area contributed by atoms with E-state index in [1.54, 1.807) is 6.07 Å². The maximum absolute atomic E-state index is 12.2. The summed E-state index contributed by atoms with van der Waals surface area (Å²) in [6, 6.07) is 2.25. The summed E-state index contributed by atoms with van der Waals surface area (Å²) in [6.45, 7) is 6.00. The number of rotatable bonds is 6. The van der Waals surface area contributed by atoms with Crippen molar-refractivity contribution in [3.8, 4) is 0 Å². The average molecular weight is 294 g/mol. The van der Waals surface area contributed by atoms with Gasteiger partial charge in [-0.1, -0.05) is 13.8 Å². The number of hydrogen-bond donors (Lipinski definition) is 2. The van der Waals surface area contributed by atoms with Crippen LogP contribution in [-0.4, -0.2) is 47.7 Å². The molecule has 0 bridgehead atoms. The molecule has 0 radical (unpaired) electrons. The van der Waals surface area contributed by atoms with Crippen molar-refractivity contribution < 1.29 is 14.3 Å². The second-order valence-electron chi connectivity index (χ2n) is 6.25. The molecule has 5 heteroatoms. The summed E-state index contributed by atoms with van der Waals surface area (Å²) in [7, 11) is 0. The molecule has 1 fully saturated rings. The first-order valence-corrected chi connectivity index (χ1v) is 7.78. The number of amides is 1. The fraction of sp³-hybridized carbons (Fsp3) is 0.688. The standard InChI is InChI=1S/C16H26N2O3/c1-12(2)9-15(10-19)17-14-3-6-18(7-4-14)16(20)13-5-8-21-11-13/h5,8,11-12,14-15,17,19H,3-4,6-7,9-10H2,1-2H3. The summed E-state index contributed by atoms with van der Waals surface area (Å²) in [6.07, 6.45) is 5.86. The van der Waals surface area contributed by atoms with Crippen LogP contribution in [0.15, 0.2) is 23.0 Å². The van der Waals surface area contributed by atoms with Crippen LogP contribution in [0.25, 0.3) is 0 Å². The molecule has 0 aliphatic carbocycles. The molecule has 1 atom stereocenters. The van der Waals surface area contributed by atoms with E-state index in [0.717, 1.165) is 32.4 Å². The Kier molecular flexibility index (Phi) is 5.82. The Morgan fingerprint density at radius 1 is 1.48 bits per heavy atom. The van der Waals surface area contributed by atoms with Gasteiger partial charge in [-0.25, -0.2) is 0 Å². The van der Waals surface area contributed by atoms with Crippen LogP contribution in [0.4, 0.5) is 0 Å². The van der Waals surface area contributed by atoms with Crippen molar-refractivity contribution in [2.45, 2.75) is 45.2 Å². The SMILES string of the molecule is CC(C)CC(CO)NC1CCN(C(=O)c2ccoc2)CC1. The highest BCUT2D eigenvalue weighted by Gasteiger charge is 2.25. The van der Waals surface area contributed by atoms with Crippen LogP contribution in [0.1, 0.15) is 43.5 Å². The number of carbonyl (C=O) groups excluding carboxylic acids is 1. The molecule has 1 unspecified atom stereocenters. The summed E-state index contributed by atoms with van der Waals surface area (Å²) >= 11 is 0. The zero-order valence-electron chi connectivity index (χ0n) is 12.9. The molecule has 2 rings (SSSR count). The van der Waals surface area contributed by atoms with E-state index in [1.807, 2.05) is 4.90 Å². The molecule has 118 valence electrons. The van der Waals surface area contributed by atoms with Crippen LogP contribution < -0.4 is 5.32 Å². The van der Waals surface area contributed by atoms with Crippen LogP contribution in [0, 0.1) is 5.92 Å². The van der Waals surface area contributed by atoms with E-state index < -0.39 is 0 Å². The Balaban J connectivity index is 1.79. The third-order valence-electron chi connectivity index (χ3n) is 4.00. The lowest BCUT2D eigenvalue weighted by atomic mass is 9.99. The van der Waals surface area contributed by atoms with Crippen LogP contribution in [0.2, 0.25) is 0 Å². The predicted octanol–water partition coefficient (Wildman–Crippen LogP) is 1.88. The van der Waals surface area contributed by atoms with Gasteiger partial charge in [0.25, 0.3) is 5.91 Å². The molecular formula is C16H26N2O3. The third-order valence-corrected chi connectivity index (χ3v) is 4.00. The minimum absolute atomic E-state index is 0.0445. The minimum atomic E-state index is 0.0445. The molecule has 1 amide bonds. The Morgan fingerprint density at radius 2 is 2.19 bits per heavy atom. The third kappa shape index (κ3) is 4.58. The highest BCUT2D eigenvalue weighted by Crippen LogP contribution is 2.16. The predicted molar refractivity (Wildman–Crippen MR) is 81.1 cm³/mol. The number of nitrogens with zero attached hydrogens (tertiary/aromatic N) is 1. The number of nitrogens with one attached hydrogen (secondary N) is 1. The highest BCUT2D eigenvalue weighted by atomic mass is 16.3. The van der Waals surface area contributed by atoms with Crippen LogP contribution >= 0.6 is 0 Å². The molecule has 2 heterocycles. The normalized spacial score (nSPS) is 18.2. The van der Waals surface area contributed by atoms with Gasteiger partial charge in [-0.2, -0.15) is 0 Å². The number of hydrogen-bond acceptors (Lipinski definition) is 4. The quantitative estimate of drug-likeness (QED) is 0.841. The molecule has 2 N–H and O–H groups in total. The molecule has 0 saturated carbocycles. The lowest BCUT2D eigenvalue weighted by Crippen LogP contribution is -2.49. The second-order valence-corrected chi connectivity index (χ2v) is 6.25. The number of likely N-dealkylation sites (tertiary alicyclic amines) is 1. The number of aliphatic hydroxyl groups is 1. The van der Waals surface area contributed by atoms with Crippen LogP contribution in [0.5, 0.6) is 0 Å². The van der Waals surface area contributed by atoms with E-state index in [0.29, 0.717) is 17.5 Å². The number of aliphatic hydroxyl groups excluding tert-OH is 1. The maximum Gasteiger partial charge on any atom is 0.257 e. The first-order valence-electron chi connectivity index (χ1n) is 7.78. The van der Waals surface area contributed by atoms with Gasteiger partial charge in [0, 0.05) is 25.2 Å². The molecular weight excluding hydrogens is 268 g/mol. The van der Waals surface area contributed by atoms with Crippen LogP contribution in [-0.2, 0) is 0 Å². The van der Waals surface area contributed by atoms with Gasteiger partial charge >= 0.3 is 0 Å². The van der Waals surface area contributed by atoms with E-state index in [-0.39, 0.29) is 18.6 Å². The zero-order chi connectivity index (χ0) is 15.2. The summed E-state index contributed by atoms with van der Waals surface area (Å²) < 4.78 is 4.96.